The van der Waals surface area contributed by atoms with Crippen LogP contribution in [0.3, 0.4) is 0 Å². The van der Waals surface area contributed by atoms with Crippen LogP contribution in [0, 0.1) is 20.8 Å². The monoisotopic (exact) mass is 492 g/mol. The van der Waals surface area contributed by atoms with Crippen molar-refractivity contribution in [3.8, 4) is 0 Å². The molecule has 170 valence electrons. The normalized spacial score (nSPS) is 13.2. The molecule has 3 aromatic carbocycles. The zero-order valence-electron chi connectivity index (χ0n) is 18.2. The molecule has 0 aliphatic rings. The molecule has 0 radical (unpaired) electrons. The molecular weight excluding hydrogens is 467 g/mol. The van der Waals surface area contributed by atoms with Gasteiger partial charge in [0.2, 0.25) is 0 Å². The molecule has 0 amide bonds. The van der Waals surface area contributed by atoms with Gasteiger partial charge in [0.05, 0.1) is 12.0 Å². The summed E-state index contributed by atoms with van der Waals surface area (Å²) in [5.41, 5.74) is 3.37. The Kier molecular flexibility index (Phi) is 7.22. The number of benzene rings is 3. The highest BCUT2D eigenvalue weighted by Gasteiger charge is 2.24. The SMILES string of the molecule is COS(=O)(=O)c1ccc(C)c(P(c2cccc(C)c2)c2cc(CS(=O)(=O)O)ccc2C)c1. The van der Waals surface area contributed by atoms with Crippen molar-refractivity contribution >= 4 is 44.1 Å². The fraction of sp³-hybridized carbons (Fsp3) is 0.217. The molecule has 9 heteroatoms. The molecule has 0 saturated carbocycles. The molecule has 0 saturated heterocycles. The van der Waals surface area contributed by atoms with E-state index in [9.17, 15) is 21.4 Å². The summed E-state index contributed by atoms with van der Waals surface area (Å²) in [5.74, 6) is -0.492. The molecule has 3 rings (SSSR count). The lowest BCUT2D eigenvalue weighted by molar-refractivity contribution is 0.398. The van der Waals surface area contributed by atoms with Gasteiger partial charge in [0, 0.05) is 0 Å². The molecule has 1 unspecified atom stereocenters. The quantitative estimate of drug-likeness (QED) is 0.309. The summed E-state index contributed by atoms with van der Waals surface area (Å²) < 4.78 is 61.8. The molecule has 0 aromatic heterocycles. The highest BCUT2D eigenvalue weighted by atomic mass is 32.2. The van der Waals surface area contributed by atoms with Crippen molar-refractivity contribution in [2.75, 3.05) is 7.11 Å². The fourth-order valence-electron chi connectivity index (χ4n) is 3.45. The van der Waals surface area contributed by atoms with E-state index in [1.165, 1.54) is 6.07 Å². The summed E-state index contributed by atoms with van der Waals surface area (Å²) in [7, 11) is -8.18. The van der Waals surface area contributed by atoms with Gasteiger partial charge in [-0.1, -0.05) is 48.0 Å². The van der Waals surface area contributed by atoms with Gasteiger partial charge in [0.25, 0.3) is 20.2 Å². The maximum atomic E-state index is 12.4. The fourth-order valence-corrected chi connectivity index (χ4v) is 7.63. The van der Waals surface area contributed by atoms with Crippen molar-refractivity contribution in [1.29, 1.82) is 0 Å². The van der Waals surface area contributed by atoms with E-state index in [4.69, 9.17) is 4.18 Å². The van der Waals surface area contributed by atoms with E-state index in [1.54, 1.807) is 24.3 Å². The van der Waals surface area contributed by atoms with E-state index >= 15 is 0 Å². The van der Waals surface area contributed by atoms with Gasteiger partial charge >= 0.3 is 0 Å². The zero-order chi connectivity index (χ0) is 23.7. The second kappa shape index (κ2) is 9.41. The van der Waals surface area contributed by atoms with Crippen LogP contribution in [0.2, 0.25) is 0 Å². The third-order valence-electron chi connectivity index (χ3n) is 5.05. The summed E-state index contributed by atoms with van der Waals surface area (Å²) in [6.07, 6.45) is 0. The lowest BCUT2D eigenvalue weighted by Gasteiger charge is -2.24. The van der Waals surface area contributed by atoms with Gasteiger partial charge in [-0.15, -0.1) is 0 Å². The number of hydrogen-bond donors (Lipinski definition) is 1. The van der Waals surface area contributed by atoms with Gasteiger partial charge in [-0.25, -0.2) is 0 Å². The Hall–Kier alpha value is -2.09. The molecule has 6 nitrogen and oxygen atoms in total. The van der Waals surface area contributed by atoms with Crippen LogP contribution >= 0.6 is 7.92 Å². The maximum Gasteiger partial charge on any atom is 0.296 e. The standard InChI is InChI=1S/C23H25O6PS2/c1-16-6-5-7-20(12-16)30(22-13-19(10-8-17(22)2)15-31(24,25)26)23-14-21(11-9-18(23)3)32(27,28)29-4/h5-14H,15H2,1-4H3,(H,24,25,26). The van der Waals surface area contributed by atoms with Gasteiger partial charge in [0.15, 0.2) is 0 Å². The predicted molar refractivity (Wildman–Crippen MR) is 129 cm³/mol. The van der Waals surface area contributed by atoms with Crippen LogP contribution < -0.4 is 15.9 Å². The van der Waals surface area contributed by atoms with Crippen LogP contribution in [-0.4, -0.2) is 28.5 Å². The minimum absolute atomic E-state index is 0.0625. The van der Waals surface area contributed by atoms with Crippen LogP contribution in [0.15, 0.2) is 65.6 Å². The van der Waals surface area contributed by atoms with Crippen LogP contribution in [-0.2, 0) is 30.2 Å². The number of rotatable bonds is 7. The number of aryl methyl sites for hydroxylation is 3. The second-order valence-electron chi connectivity index (χ2n) is 7.59. The minimum atomic E-state index is -4.19. The summed E-state index contributed by atoms with van der Waals surface area (Å²) in [6.45, 7) is 5.83. The summed E-state index contributed by atoms with van der Waals surface area (Å²) in [5, 5.41) is 2.72. The van der Waals surface area contributed by atoms with Gasteiger partial charge in [-0.2, -0.15) is 16.8 Å². The molecule has 3 aromatic rings. The van der Waals surface area contributed by atoms with Crippen molar-refractivity contribution < 1.29 is 25.6 Å². The first kappa shape index (κ1) is 24.6. The molecule has 0 aliphatic carbocycles. The van der Waals surface area contributed by atoms with Crippen molar-refractivity contribution in [2.24, 2.45) is 0 Å². The highest BCUT2D eigenvalue weighted by Crippen LogP contribution is 2.37. The molecule has 32 heavy (non-hydrogen) atoms. The van der Waals surface area contributed by atoms with E-state index in [1.807, 2.05) is 45.0 Å². The average molecular weight is 493 g/mol. The van der Waals surface area contributed by atoms with Crippen LogP contribution in [0.4, 0.5) is 0 Å². The Balaban J connectivity index is 2.31. The zero-order valence-corrected chi connectivity index (χ0v) is 20.8. The molecular formula is C23H25O6PS2. The summed E-state index contributed by atoms with van der Waals surface area (Å²) in [6, 6.07) is 18.2. The van der Waals surface area contributed by atoms with E-state index in [0.29, 0.717) is 5.56 Å². The minimum Gasteiger partial charge on any atom is -0.285 e. The maximum absolute atomic E-state index is 12.4. The van der Waals surface area contributed by atoms with Crippen LogP contribution in [0.5, 0.6) is 0 Å². The molecule has 0 fully saturated rings. The Morgan fingerprint density at radius 3 is 2.06 bits per heavy atom. The van der Waals surface area contributed by atoms with Crippen molar-refractivity contribution in [3.63, 3.8) is 0 Å². The van der Waals surface area contributed by atoms with Gasteiger partial charge in [0.1, 0.15) is 5.75 Å². The predicted octanol–water partition coefficient (Wildman–Crippen LogP) is 3.09. The Labute approximate surface area is 190 Å². The Morgan fingerprint density at radius 2 is 1.47 bits per heavy atom. The lowest BCUT2D eigenvalue weighted by Crippen LogP contribution is -2.25. The van der Waals surface area contributed by atoms with E-state index in [0.717, 1.165) is 39.7 Å². The molecule has 1 atom stereocenters. The van der Waals surface area contributed by atoms with Crippen molar-refractivity contribution in [3.05, 3.63) is 82.9 Å². The van der Waals surface area contributed by atoms with E-state index in [-0.39, 0.29) is 4.90 Å². The molecule has 0 bridgehead atoms. The van der Waals surface area contributed by atoms with Gasteiger partial charge in [-0.3, -0.25) is 8.74 Å². The first-order valence-electron chi connectivity index (χ1n) is 9.74. The molecule has 1 N–H and O–H groups in total. The van der Waals surface area contributed by atoms with E-state index < -0.39 is 33.9 Å². The summed E-state index contributed by atoms with van der Waals surface area (Å²) in [4.78, 5) is 0.0625. The van der Waals surface area contributed by atoms with Gasteiger partial charge < -0.3 is 0 Å². The molecule has 0 spiro atoms. The van der Waals surface area contributed by atoms with Crippen LogP contribution in [0.1, 0.15) is 22.3 Å². The molecule has 0 aliphatic heterocycles. The number of hydrogen-bond acceptors (Lipinski definition) is 5. The Morgan fingerprint density at radius 1 is 0.844 bits per heavy atom. The van der Waals surface area contributed by atoms with Crippen molar-refractivity contribution in [2.45, 2.75) is 31.4 Å². The third kappa shape index (κ3) is 5.63. The average Bonchev–Trinajstić information content (AvgIpc) is 2.70. The summed E-state index contributed by atoms with van der Waals surface area (Å²) >= 11 is 0. The Bertz CT molecular complexity index is 1360. The second-order valence-corrected chi connectivity index (χ2v) is 12.9. The third-order valence-corrected chi connectivity index (χ3v) is 9.74. The van der Waals surface area contributed by atoms with E-state index in [2.05, 4.69) is 6.07 Å². The molecule has 0 heterocycles. The smallest absolute Gasteiger partial charge is 0.285 e. The van der Waals surface area contributed by atoms with Crippen LogP contribution in [0.25, 0.3) is 0 Å². The largest absolute Gasteiger partial charge is 0.296 e. The van der Waals surface area contributed by atoms with Crippen molar-refractivity contribution in [1.82, 2.24) is 0 Å². The van der Waals surface area contributed by atoms with Gasteiger partial charge in [-0.05, 0) is 79.5 Å². The first-order valence-corrected chi connectivity index (χ1v) is 14.1. The highest BCUT2D eigenvalue weighted by molar-refractivity contribution is 7.87. The topological polar surface area (TPSA) is 97.7 Å². The lowest BCUT2D eigenvalue weighted by atomic mass is 10.2. The first-order chi connectivity index (χ1) is 14.9.